The Kier molecular flexibility index (Phi) is 6.47. The Morgan fingerprint density at radius 2 is 1.81 bits per heavy atom. The summed E-state index contributed by atoms with van der Waals surface area (Å²) in [4.78, 5) is 21.7. The van der Waals surface area contributed by atoms with E-state index >= 15 is 0 Å². The zero-order valence-electron chi connectivity index (χ0n) is 13.8. The number of rotatable bonds is 7. The molecule has 8 nitrogen and oxygen atoms in total. The molecule has 2 atom stereocenters. The lowest BCUT2D eigenvalue weighted by molar-refractivity contribution is -0.387. The first-order valence-electron chi connectivity index (χ1n) is 7.40. The van der Waals surface area contributed by atoms with Crippen molar-refractivity contribution >= 4 is 33.3 Å². The van der Waals surface area contributed by atoms with Crippen LogP contribution in [0, 0.1) is 15.9 Å². The summed E-state index contributed by atoms with van der Waals surface area (Å²) in [6.07, 6.45) is 0. The second-order valence-corrected chi connectivity index (χ2v) is 7.45. The van der Waals surface area contributed by atoms with Gasteiger partial charge in [0.1, 0.15) is 11.9 Å². The topological polar surface area (TPSA) is 116 Å². The number of hydrogen-bond acceptors (Lipinski definition) is 6. The normalized spacial score (nSPS) is 13.6. The number of sulfonamides is 1. The maximum atomic E-state index is 13.1. The van der Waals surface area contributed by atoms with Crippen LogP contribution in [-0.4, -0.2) is 32.5 Å². The third kappa shape index (κ3) is 4.79. The summed E-state index contributed by atoms with van der Waals surface area (Å²) < 4.78 is 45.0. The number of nitro benzene ring substituents is 1. The zero-order valence-corrected chi connectivity index (χ0v) is 15.4. The lowest BCUT2D eigenvalue weighted by Gasteiger charge is -2.21. The van der Waals surface area contributed by atoms with Crippen molar-refractivity contribution in [2.24, 2.45) is 0 Å². The van der Waals surface area contributed by atoms with Gasteiger partial charge in [0.25, 0.3) is 5.69 Å². The summed E-state index contributed by atoms with van der Waals surface area (Å²) in [5, 5.41) is 9.84. The SMILES string of the molecule is COC(=O)[C@H](NS(=O)(=O)c1ccccc1[N+](=O)[O-])[C@H](Cl)c1ccc(F)cc1. The molecule has 2 aromatic rings. The van der Waals surface area contributed by atoms with Crippen LogP contribution in [0.1, 0.15) is 10.9 Å². The fourth-order valence-corrected chi connectivity index (χ4v) is 4.01. The van der Waals surface area contributed by atoms with Gasteiger partial charge in [0.15, 0.2) is 4.90 Å². The number of ether oxygens (including phenoxy) is 1. The average Bonchev–Trinajstić information content (AvgIpc) is 2.65. The van der Waals surface area contributed by atoms with E-state index in [1.54, 1.807) is 0 Å². The van der Waals surface area contributed by atoms with Crippen LogP contribution >= 0.6 is 11.6 Å². The van der Waals surface area contributed by atoms with E-state index < -0.39 is 48.7 Å². The monoisotopic (exact) mass is 416 g/mol. The predicted molar refractivity (Wildman–Crippen MR) is 94.2 cm³/mol. The second kappa shape index (κ2) is 8.42. The van der Waals surface area contributed by atoms with Crippen molar-refractivity contribution in [1.82, 2.24) is 4.72 Å². The number of methoxy groups -OCH3 is 1. The number of alkyl halides is 1. The van der Waals surface area contributed by atoms with E-state index in [4.69, 9.17) is 11.6 Å². The Morgan fingerprint density at radius 3 is 2.37 bits per heavy atom. The molecule has 0 radical (unpaired) electrons. The highest BCUT2D eigenvalue weighted by Crippen LogP contribution is 2.28. The molecule has 27 heavy (non-hydrogen) atoms. The molecular formula is C16H14ClFN2O6S. The molecule has 2 rings (SSSR count). The van der Waals surface area contributed by atoms with E-state index in [1.807, 2.05) is 4.72 Å². The van der Waals surface area contributed by atoms with Crippen LogP contribution in [0.25, 0.3) is 0 Å². The zero-order chi connectivity index (χ0) is 20.2. The van der Waals surface area contributed by atoms with Crippen LogP contribution in [0.15, 0.2) is 53.4 Å². The van der Waals surface area contributed by atoms with Crippen molar-refractivity contribution in [3.8, 4) is 0 Å². The minimum Gasteiger partial charge on any atom is -0.468 e. The molecule has 0 saturated carbocycles. The Labute approximate surface area is 159 Å². The van der Waals surface area contributed by atoms with Gasteiger partial charge in [0.05, 0.1) is 17.4 Å². The second-order valence-electron chi connectivity index (χ2n) is 5.30. The molecule has 0 aliphatic heterocycles. The first-order chi connectivity index (χ1) is 12.7. The van der Waals surface area contributed by atoms with E-state index in [0.717, 1.165) is 31.4 Å². The molecular weight excluding hydrogens is 403 g/mol. The fourth-order valence-electron chi connectivity index (χ4n) is 2.26. The Hall–Kier alpha value is -2.56. The van der Waals surface area contributed by atoms with E-state index in [1.165, 1.54) is 24.3 Å². The number of carbonyl (C=O) groups is 1. The summed E-state index contributed by atoms with van der Waals surface area (Å²) in [6, 6.07) is 7.78. The minimum atomic E-state index is -4.50. The van der Waals surface area contributed by atoms with Crippen molar-refractivity contribution in [3.05, 3.63) is 70.0 Å². The maximum absolute atomic E-state index is 13.1. The summed E-state index contributed by atoms with van der Waals surface area (Å²) in [5.74, 6) is -1.56. The molecule has 2 aromatic carbocycles. The maximum Gasteiger partial charge on any atom is 0.325 e. The molecule has 0 heterocycles. The lowest BCUT2D eigenvalue weighted by atomic mass is 10.1. The molecule has 0 spiro atoms. The molecule has 0 unspecified atom stereocenters. The summed E-state index contributed by atoms with van der Waals surface area (Å²) >= 11 is 6.21. The molecule has 0 aliphatic carbocycles. The third-order valence-electron chi connectivity index (χ3n) is 3.57. The van der Waals surface area contributed by atoms with E-state index in [0.29, 0.717) is 0 Å². The molecule has 0 amide bonds. The standard InChI is InChI=1S/C16H14ClFN2O6S/c1-26-16(21)15(14(17)10-6-8-11(18)9-7-10)19-27(24,25)13-5-3-2-4-12(13)20(22)23/h2-9,14-15,19H,1H3/t14-,15-/m1/s1. The Bertz CT molecular complexity index is 952. The first kappa shape index (κ1) is 20.7. The molecule has 0 aromatic heterocycles. The largest absolute Gasteiger partial charge is 0.468 e. The van der Waals surface area contributed by atoms with E-state index in [-0.39, 0.29) is 5.56 Å². The molecule has 0 bridgehead atoms. The third-order valence-corrected chi connectivity index (χ3v) is 5.56. The molecule has 144 valence electrons. The quantitative estimate of drug-likeness (QED) is 0.321. The van der Waals surface area contributed by atoms with Gasteiger partial charge in [0.2, 0.25) is 10.0 Å². The van der Waals surface area contributed by atoms with Crippen molar-refractivity contribution < 1.29 is 27.3 Å². The number of hydrogen-bond donors (Lipinski definition) is 1. The number of benzene rings is 2. The predicted octanol–water partition coefficient (Wildman–Crippen LogP) is 2.53. The van der Waals surface area contributed by atoms with E-state index in [2.05, 4.69) is 4.74 Å². The molecule has 0 aliphatic rings. The summed E-state index contributed by atoms with van der Waals surface area (Å²) in [6.45, 7) is 0. The molecule has 0 saturated heterocycles. The van der Waals surface area contributed by atoms with Gasteiger partial charge in [-0.25, -0.2) is 12.8 Å². The lowest BCUT2D eigenvalue weighted by Crippen LogP contribution is -2.44. The van der Waals surface area contributed by atoms with Crippen molar-refractivity contribution in [3.63, 3.8) is 0 Å². The van der Waals surface area contributed by atoms with E-state index in [9.17, 15) is 27.7 Å². The average molecular weight is 417 g/mol. The van der Waals surface area contributed by atoms with Crippen LogP contribution in [0.3, 0.4) is 0 Å². The molecule has 1 N–H and O–H groups in total. The van der Waals surface area contributed by atoms with Gasteiger partial charge in [-0.2, -0.15) is 4.72 Å². The smallest absolute Gasteiger partial charge is 0.325 e. The Morgan fingerprint density at radius 1 is 1.22 bits per heavy atom. The van der Waals surface area contributed by atoms with Crippen LogP contribution in [0.4, 0.5) is 10.1 Å². The van der Waals surface area contributed by atoms with Gasteiger partial charge in [-0.1, -0.05) is 24.3 Å². The van der Waals surface area contributed by atoms with Gasteiger partial charge in [-0.05, 0) is 23.8 Å². The minimum absolute atomic E-state index is 0.249. The number of halogens is 2. The van der Waals surface area contributed by atoms with Gasteiger partial charge >= 0.3 is 5.97 Å². The van der Waals surface area contributed by atoms with Gasteiger partial charge in [0, 0.05) is 6.07 Å². The van der Waals surface area contributed by atoms with Crippen molar-refractivity contribution in [2.75, 3.05) is 7.11 Å². The Balaban J connectivity index is 2.42. The highest BCUT2D eigenvalue weighted by molar-refractivity contribution is 7.89. The number of carbonyl (C=O) groups excluding carboxylic acids is 1. The molecule has 11 heteroatoms. The molecule has 0 fully saturated rings. The van der Waals surface area contributed by atoms with Crippen LogP contribution in [0.5, 0.6) is 0 Å². The summed E-state index contributed by atoms with van der Waals surface area (Å²) in [5.41, 5.74) is -0.416. The first-order valence-corrected chi connectivity index (χ1v) is 9.32. The van der Waals surface area contributed by atoms with Crippen LogP contribution < -0.4 is 4.72 Å². The fraction of sp³-hybridized carbons (Fsp3) is 0.188. The highest BCUT2D eigenvalue weighted by atomic mass is 35.5. The number of nitrogens with one attached hydrogen (secondary N) is 1. The number of nitro groups is 1. The number of nitrogens with zero attached hydrogens (tertiary/aromatic N) is 1. The van der Waals surface area contributed by atoms with Gasteiger partial charge in [-0.3, -0.25) is 14.9 Å². The van der Waals surface area contributed by atoms with Crippen LogP contribution in [0.2, 0.25) is 0 Å². The highest BCUT2D eigenvalue weighted by Gasteiger charge is 2.36. The summed E-state index contributed by atoms with van der Waals surface area (Å²) in [7, 11) is -3.47. The van der Waals surface area contributed by atoms with Gasteiger partial charge in [-0.15, -0.1) is 11.6 Å². The van der Waals surface area contributed by atoms with Crippen molar-refractivity contribution in [2.45, 2.75) is 16.3 Å². The number of para-hydroxylation sites is 1. The van der Waals surface area contributed by atoms with Crippen molar-refractivity contribution in [1.29, 1.82) is 0 Å². The van der Waals surface area contributed by atoms with Gasteiger partial charge < -0.3 is 4.74 Å². The number of esters is 1. The van der Waals surface area contributed by atoms with Crippen LogP contribution in [-0.2, 0) is 19.6 Å².